The summed E-state index contributed by atoms with van der Waals surface area (Å²) in [6.45, 7) is 2.49. The summed E-state index contributed by atoms with van der Waals surface area (Å²) in [4.78, 5) is 30.5. The molecule has 1 aliphatic heterocycles. The Morgan fingerprint density at radius 1 is 1.16 bits per heavy atom. The third-order valence-corrected chi connectivity index (χ3v) is 6.90. The predicted octanol–water partition coefficient (Wildman–Crippen LogP) is 6.50. The fourth-order valence-corrected chi connectivity index (χ4v) is 4.99. The van der Waals surface area contributed by atoms with Gasteiger partial charge in [0.2, 0.25) is 0 Å². The van der Waals surface area contributed by atoms with Crippen LogP contribution in [0.5, 0.6) is 11.5 Å². The maximum Gasteiger partial charge on any atom is 0.335 e. The Hall–Kier alpha value is -3.63. The van der Waals surface area contributed by atoms with Crippen molar-refractivity contribution >= 4 is 56.5 Å². The number of hydrogen-bond acceptors (Lipinski definition) is 6. The summed E-state index contributed by atoms with van der Waals surface area (Å²) in [7, 11) is 1.62. The molecule has 3 aromatic rings. The van der Waals surface area contributed by atoms with Crippen LogP contribution in [0.2, 0.25) is 0 Å². The van der Waals surface area contributed by atoms with E-state index in [2.05, 4.69) is 20.9 Å². The molecular weight excluding hydrogens is 563 g/mol. The molecule has 1 saturated heterocycles. The van der Waals surface area contributed by atoms with Crippen LogP contribution in [0.15, 0.2) is 75.0 Å². The first kappa shape index (κ1) is 26.4. The van der Waals surface area contributed by atoms with Crippen molar-refractivity contribution in [3.8, 4) is 11.5 Å². The monoisotopic (exact) mass is 584 g/mol. The highest BCUT2D eigenvalue weighted by Gasteiger charge is 2.30. The van der Waals surface area contributed by atoms with Crippen LogP contribution in [0.3, 0.4) is 0 Å². The first-order valence-electron chi connectivity index (χ1n) is 11.2. The molecule has 0 radical (unpaired) electrons. The number of thioether (sulfide) groups is 1. The van der Waals surface area contributed by atoms with E-state index in [1.54, 1.807) is 43.5 Å². The van der Waals surface area contributed by atoms with Crippen molar-refractivity contribution in [2.45, 2.75) is 13.5 Å². The lowest BCUT2D eigenvalue weighted by atomic mass is 10.1. The van der Waals surface area contributed by atoms with Gasteiger partial charge in [0.1, 0.15) is 12.4 Å². The number of hydrogen-bond donors (Lipinski definition) is 1. The van der Waals surface area contributed by atoms with E-state index >= 15 is 0 Å². The zero-order valence-corrected chi connectivity index (χ0v) is 22.3. The van der Waals surface area contributed by atoms with E-state index in [4.69, 9.17) is 9.47 Å². The van der Waals surface area contributed by atoms with Gasteiger partial charge in [0.15, 0.2) is 16.7 Å². The number of carbonyl (C=O) groups is 2. The normalized spacial score (nSPS) is 15.5. The molecule has 3 aromatic carbocycles. The molecular formula is C27H22BrFN2O5S. The van der Waals surface area contributed by atoms with E-state index in [9.17, 15) is 19.1 Å². The number of halogens is 2. The van der Waals surface area contributed by atoms with Crippen molar-refractivity contribution < 1.29 is 28.6 Å². The second kappa shape index (κ2) is 11.6. The number of amides is 1. The lowest BCUT2D eigenvalue weighted by Gasteiger charge is -2.15. The van der Waals surface area contributed by atoms with Gasteiger partial charge in [-0.2, -0.15) is 0 Å². The number of carbonyl (C=O) groups excluding carboxylic acids is 1. The average Bonchev–Trinajstić information content (AvgIpc) is 3.12. The van der Waals surface area contributed by atoms with Crippen LogP contribution in [0, 0.1) is 5.82 Å². The first-order valence-corrected chi connectivity index (χ1v) is 12.8. The van der Waals surface area contributed by atoms with Crippen LogP contribution < -0.4 is 9.47 Å². The van der Waals surface area contributed by atoms with Crippen LogP contribution in [0.4, 0.5) is 10.1 Å². The molecule has 0 aromatic heterocycles. The second-order valence-electron chi connectivity index (χ2n) is 7.90. The number of aliphatic imine (C=N–C) groups is 1. The van der Waals surface area contributed by atoms with Gasteiger partial charge in [-0.1, -0.05) is 18.2 Å². The standard InChI is InChI=1S/C27H22BrFN2O5S/c1-3-35-22-12-17(11-21(28)24(22)36-15-16-7-9-19(29)10-8-16)13-23-25(32)31(2)27(37-23)30-20-6-4-5-18(14-20)26(33)34/h4-14H,3,15H2,1-2H3,(H,33,34)/b23-13-,30-27?. The highest BCUT2D eigenvalue weighted by molar-refractivity contribution is 9.10. The van der Waals surface area contributed by atoms with Crippen LogP contribution in [-0.2, 0) is 11.4 Å². The maximum absolute atomic E-state index is 13.2. The Balaban J connectivity index is 1.59. The highest BCUT2D eigenvalue weighted by atomic mass is 79.9. The Kier molecular flexibility index (Phi) is 8.30. The van der Waals surface area contributed by atoms with E-state index in [1.807, 2.05) is 13.0 Å². The number of carboxylic acid groups (broad SMARTS) is 1. The third-order valence-electron chi connectivity index (χ3n) is 5.25. The average molecular weight is 585 g/mol. The van der Waals surface area contributed by atoms with Gasteiger partial charge in [-0.3, -0.25) is 9.69 Å². The molecule has 0 atom stereocenters. The van der Waals surface area contributed by atoms with Crippen molar-refractivity contribution in [1.29, 1.82) is 0 Å². The van der Waals surface area contributed by atoms with Crippen LogP contribution in [0.1, 0.15) is 28.4 Å². The minimum Gasteiger partial charge on any atom is -0.490 e. The van der Waals surface area contributed by atoms with Gasteiger partial charge in [-0.15, -0.1) is 0 Å². The van der Waals surface area contributed by atoms with E-state index in [1.165, 1.54) is 40.9 Å². The molecule has 190 valence electrons. The molecule has 0 bridgehead atoms. The largest absolute Gasteiger partial charge is 0.490 e. The van der Waals surface area contributed by atoms with Crippen molar-refractivity contribution in [3.63, 3.8) is 0 Å². The summed E-state index contributed by atoms with van der Waals surface area (Å²) in [5.74, 6) is -0.606. The molecule has 37 heavy (non-hydrogen) atoms. The van der Waals surface area contributed by atoms with Crippen molar-refractivity contribution in [1.82, 2.24) is 4.90 Å². The van der Waals surface area contributed by atoms with Gasteiger partial charge in [0, 0.05) is 7.05 Å². The molecule has 0 aliphatic carbocycles. The number of ether oxygens (including phenoxy) is 2. The minimum atomic E-state index is -1.05. The summed E-state index contributed by atoms with van der Waals surface area (Å²) in [5, 5.41) is 9.64. The predicted molar refractivity (Wildman–Crippen MR) is 145 cm³/mol. The number of rotatable bonds is 8. The highest BCUT2D eigenvalue weighted by Crippen LogP contribution is 2.40. The summed E-state index contributed by atoms with van der Waals surface area (Å²) >= 11 is 4.73. The van der Waals surface area contributed by atoms with Gasteiger partial charge in [0.05, 0.1) is 27.2 Å². The molecule has 10 heteroatoms. The zero-order valence-electron chi connectivity index (χ0n) is 19.9. The van der Waals surface area contributed by atoms with Gasteiger partial charge < -0.3 is 14.6 Å². The van der Waals surface area contributed by atoms with Gasteiger partial charge in [-0.05, 0) is 94.3 Å². The molecule has 1 N–H and O–H groups in total. The molecule has 0 saturated carbocycles. The number of amidine groups is 1. The smallest absolute Gasteiger partial charge is 0.335 e. The number of carboxylic acids is 1. The number of aromatic carboxylic acids is 1. The summed E-state index contributed by atoms with van der Waals surface area (Å²) in [6, 6.07) is 15.9. The Labute approximate surface area is 225 Å². The Morgan fingerprint density at radius 2 is 1.92 bits per heavy atom. The van der Waals surface area contributed by atoms with Crippen molar-refractivity contribution in [2.24, 2.45) is 4.99 Å². The van der Waals surface area contributed by atoms with Gasteiger partial charge in [-0.25, -0.2) is 14.2 Å². The fourth-order valence-electron chi connectivity index (χ4n) is 3.43. The van der Waals surface area contributed by atoms with Crippen LogP contribution in [0.25, 0.3) is 6.08 Å². The topological polar surface area (TPSA) is 88.4 Å². The van der Waals surface area contributed by atoms with Crippen LogP contribution >= 0.6 is 27.7 Å². The SMILES string of the molecule is CCOc1cc(/C=C2\SC(=Nc3cccc(C(=O)O)c3)N(C)C2=O)cc(Br)c1OCc1ccc(F)cc1. The van der Waals surface area contributed by atoms with Crippen molar-refractivity contribution in [3.05, 3.63) is 92.5 Å². The van der Waals surface area contributed by atoms with Gasteiger partial charge in [0.25, 0.3) is 5.91 Å². The van der Waals surface area contributed by atoms with Crippen molar-refractivity contribution in [2.75, 3.05) is 13.7 Å². The number of nitrogens with zero attached hydrogens (tertiary/aromatic N) is 2. The molecule has 7 nitrogen and oxygen atoms in total. The number of likely N-dealkylation sites (N-methyl/N-ethyl adjacent to an activating group) is 1. The molecule has 1 amide bonds. The summed E-state index contributed by atoms with van der Waals surface area (Å²) in [5.41, 5.74) is 2.07. The van der Waals surface area contributed by atoms with E-state index in [0.29, 0.717) is 43.9 Å². The number of benzene rings is 3. The Morgan fingerprint density at radius 3 is 2.62 bits per heavy atom. The minimum absolute atomic E-state index is 0.115. The fraction of sp³-hybridized carbons (Fsp3) is 0.148. The summed E-state index contributed by atoms with van der Waals surface area (Å²) in [6.07, 6.45) is 1.73. The lowest BCUT2D eigenvalue weighted by Crippen LogP contribution is -2.23. The summed E-state index contributed by atoms with van der Waals surface area (Å²) < 4.78 is 25.6. The van der Waals surface area contributed by atoms with E-state index < -0.39 is 5.97 Å². The van der Waals surface area contributed by atoms with E-state index in [0.717, 1.165) is 5.56 Å². The molecule has 1 fully saturated rings. The second-order valence-corrected chi connectivity index (χ2v) is 9.77. The maximum atomic E-state index is 13.2. The third kappa shape index (κ3) is 6.39. The molecule has 4 rings (SSSR count). The van der Waals surface area contributed by atoms with E-state index in [-0.39, 0.29) is 23.9 Å². The lowest BCUT2D eigenvalue weighted by molar-refractivity contribution is -0.121. The molecule has 1 aliphatic rings. The van der Waals surface area contributed by atoms with Gasteiger partial charge >= 0.3 is 5.97 Å². The molecule has 1 heterocycles. The van der Waals surface area contributed by atoms with Crippen LogP contribution in [-0.4, -0.2) is 40.7 Å². The molecule has 0 spiro atoms. The quantitative estimate of drug-likeness (QED) is 0.304. The first-order chi connectivity index (χ1) is 17.7. The Bertz CT molecular complexity index is 1410. The molecule has 0 unspecified atom stereocenters. The zero-order chi connectivity index (χ0) is 26.5.